The first-order chi connectivity index (χ1) is 7.01. The second-order valence-corrected chi connectivity index (χ2v) is 4.00. The molecule has 5 heteroatoms. The molecule has 0 amide bonds. The molecule has 0 bridgehead atoms. The van der Waals surface area contributed by atoms with Crippen LogP contribution in [0, 0.1) is 9.85 Å². The Labute approximate surface area is 104 Å². The minimum absolute atomic E-state index is 0.282. The topological polar surface area (TPSA) is 36.9 Å². The summed E-state index contributed by atoms with van der Waals surface area (Å²) in [4.78, 5) is 0. The smallest absolute Gasteiger partial charge is 0.221 e. The molecule has 86 valence electrons. The van der Waals surface area contributed by atoms with Crippen molar-refractivity contribution in [2.24, 2.45) is 0 Å². The molecule has 0 aromatic carbocycles. The third-order valence-electron chi connectivity index (χ3n) is 2.70. The molecule has 0 aliphatic carbocycles. The summed E-state index contributed by atoms with van der Waals surface area (Å²) in [5, 5.41) is 0. The maximum Gasteiger partial charge on any atom is 0.221 e. The molecule has 1 aliphatic rings. The Morgan fingerprint density at radius 2 is 1.87 bits per heavy atom. The highest BCUT2D eigenvalue weighted by Gasteiger charge is 2.53. The molecule has 0 spiro atoms. The lowest BCUT2D eigenvalue weighted by atomic mass is 10.1. The quantitative estimate of drug-likeness (QED) is 0.570. The van der Waals surface area contributed by atoms with Gasteiger partial charge in [-0.3, -0.25) is 0 Å². The molecule has 1 heterocycles. The largest absolute Gasteiger partial charge is 0.349 e. The van der Waals surface area contributed by atoms with Crippen molar-refractivity contribution in [3.05, 3.63) is 0 Å². The molecular formula is C10H15IO4. The highest BCUT2D eigenvalue weighted by Crippen LogP contribution is 2.36. The molecule has 0 N–H and O–H groups in total. The van der Waals surface area contributed by atoms with Crippen molar-refractivity contribution in [1.82, 2.24) is 0 Å². The fourth-order valence-corrected chi connectivity index (χ4v) is 1.74. The van der Waals surface area contributed by atoms with Gasteiger partial charge in [-0.1, -0.05) is 5.92 Å². The number of ether oxygens (including phenoxy) is 4. The van der Waals surface area contributed by atoms with E-state index in [1.165, 1.54) is 0 Å². The van der Waals surface area contributed by atoms with Crippen LogP contribution in [0.5, 0.6) is 0 Å². The molecule has 0 aromatic heterocycles. The molecule has 1 rings (SSSR count). The Bertz CT molecular complexity index is 285. The molecule has 1 fully saturated rings. The molecule has 0 radical (unpaired) electrons. The van der Waals surface area contributed by atoms with E-state index in [1.807, 2.05) is 22.6 Å². The van der Waals surface area contributed by atoms with E-state index in [4.69, 9.17) is 18.9 Å². The molecule has 4 nitrogen and oxygen atoms in total. The summed E-state index contributed by atoms with van der Waals surface area (Å²) in [6.45, 7) is 3.93. The van der Waals surface area contributed by atoms with Crippen LogP contribution in [0.4, 0.5) is 0 Å². The van der Waals surface area contributed by atoms with Crippen LogP contribution in [0.2, 0.25) is 0 Å². The lowest BCUT2D eigenvalue weighted by Crippen LogP contribution is -2.62. The zero-order chi connectivity index (χ0) is 11.5. The number of halogens is 1. The Hall–Kier alpha value is 0.130. The van der Waals surface area contributed by atoms with Gasteiger partial charge in [0.05, 0.1) is 6.61 Å². The average molecular weight is 326 g/mol. The molecule has 15 heavy (non-hydrogen) atoms. The van der Waals surface area contributed by atoms with Crippen LogP contribution < -0.4 is 0 Å². The fraction of sp³-hybridized carbons (Fsp3) is 0.800. The maximum atomic E-state index is 5.72. The first-order valence-electron chi connectivity index (χ1n) is 4.54. The van der Waals surface area contributed by atoms with Crippen molar-refractivity contribution >= 4 is 22.6 Å². The van der Waals surface area contributed by atoms with Gasteiger partial charge in [0.25, 0.3) is 0 Å². The van der Waals surface area contributed by atoms with Crippen molar-refractivity contribution in [1.29, 1.82) is 0 Å². The van der Waals surface area contributed by atoms with Gasteiger partial charge in [0.15, 0.2) is 0 Å². The summed E-state index contributed by atoms with van der Waals surface area (Å²) < 4.78 is 24.7. The predicted octanol–water partition coefficient (Wildman–Crippen LogP) is 1.52. The van der Waals surface area contributed by atoms with Gasteiger partial charge in [0, 0.05) is 36.8 Å². The van der Waals surface area contributed by atoms with Crippen molar-refractivity contribution in [2.75, 3.05) is 20.8 Å². The third kappa shape index (κ3) is 2.45. The number of methoxy groups -OCH3 is 2. The minimum atomic E-state index is -0.953. The van der Waals surface area contributed by atoms with Crippen molar-refractivity contribution in [3.8, 4) is 9.85 Å². The third-order valence-corrected chi connectivity index (χ3v) is 3.01. The van der Waals surface area contributed by atoms with Gasteiger partial charge in [-0.05, 0) is 17.8 Å². The Morgan fingerprint density at radius 3 is 2.33 bits per heavy atom. The van der Waals surface area contributed by atoms with E-state index in [2.05, 4.69) is 9.85 Å². The summed E-state index contributed by atoms with van der Waals surface area (Å²) in [5.74, 6) is 1.02. The zero-order valence-corrected chi connectivity index (χ0v) is 11.5. The van der Waals surface area contributed by atoms with Gasteiger partial charge in [-0.2, -0.15) is 0 Å². The van der Waals surface area contributed by atoms with Crippen LogP contribution in [-0.4, -0.2) is 38.5 Å². The maximum absolute atomic E-state index is 5.72. The first kappa shape index (κ1) is 13.2. The normalized spacial score (nSPS) is 40.7. The summed E-state index contributed by atoms with van der Waals surface area (Å²) >= 11 is 1.96. The fourth-order valence-electron chi connectivity index (χ4n) is 1.39. The Balaban J connectivity index is 2.87. The van der Waals surface area contributed by atoms with E-state index >= 15 is 0 Å². The van der Waals surface area contributed by atoms with Crippen molar-refractivity contribution in [2.45, 2.75) is 31.5 Å². The van der Waals surface area contributed by atoms with Gasteiger partial charge < -0.3 is 18.9 Å². The van der Waals surface area contributed by atoms with E-state index in [0.29, 0.717) is 6.61 Å². The number of hydrogen-bond donors (Lipinski definition) is 0. The van der Waals surface area contributed by atoms with Crippen LogP contribution in [0.25, 0.3) is 0 Å². The number of hydrogen-bond acceptors (Lipinski definition) is 4. The molecule has 0 aromatic rings. The van der Waals surface area contributed by atoms with Crippen LogP contribution in [-0.2, 0) is 18.9 Å². The van der Waals surface area contributed by atoms with Gasteiger partial charge in [0.2, 0.25) is 11.6 Å². The van der Waals surface area contributed by atoms with Crippen LogP contribution in [0.1, 0.15) is 13.8 Å². The van der Waals surface area contributed by atoms with Gasteiger partial charge >= 0.3 is 0 Å². The van der Waals surface area contributed by atoms with Crippen molar-refractivity contribution in [3.63, 3.8) is 0 Å². The monoisotopic (exact) mass is 326 g/mol. The lowest BCUT2D eigenvalue weighted by Gasteiger charge is -2.47. The van der Waals surface area contributed by atoms with E-state index in [9.17, 15) is 0 Å². The summed E-state index contributed by atoms with van der Waals surface area (Å²) in [6, 6.07) is 0. The Morgan fingerprint density at radius 1 is 1.27 bits per heavy atom. The van der Waals surface area contributed by atoms with Gasteiger partial charge in [-0.15, -0.1) is 0 Å². The van der Waals surface area contributed by atoms with E-state index in [1.54, 1.807) is 28.1 Å². The summed E-state index contributed by atoms with van der Waals surface area (Å²) in [6.07, 6.45) is -0.282. The minimum Gasteiger partial charge on any atom is -0.349 e. The second-order valence-electron chi connectivity index (χ2n) is 3.46. The standard InChI is InChI=1S/C10H15IO4/c1-9(12-3)10(2,13-4)15-8(5-6-11)7-14-9/h8H,7H2,1-4H3/t8-,9+,10+/m0/s1. The van der Waals surface area contributed by atoms with E-state index in [-0.39, 0.29) is 6.10 Å². The number of rotatable bonds is 2. The van der Waals surface area contributed by atoms with Crippen LogP contribution in [0.3, 0.4) is 0 Å². The molecule has 3 atom stereocenters. The highest BCUT2D eigenvalue weighted by atomic mass is 127. The molecular weight excluding hydrogens is 311 g/mol. The van der Waals surface area contributed by atoms with Crippen molar-refractivity contribution < 1.29 is 18.9 Å². The summed E-state index contributed by atoms with van der Waals surface area (Å²) in [5.41, 5.74) is 0. The van der Waals surface area contributed by atoms with E-state index < -0.39 is 11.6 Å². The van der Waals surface area contributed by atoms with Gasteiger partial charge in [0.1, 0.15) is 6.10 Å². The Kier molecular flexibility index (Phi) is 4.38. The SMILES string of the molecule is CO[C@]1(C)OC[C@H](C#CI)O[C@@]1(C)OC. The predicted molar refractivity (Wildman–Crippen MR) is 63.4 cm³/mol. The summed E-state index contributed by atoms with van der Waals surface area (Å²) in [7, 11) is 3.12. The molecule has 0 unspecified atom stereocenters. The van der Waals surface area contributed by atoms with E-state index in [0.717, 1.165) is 0 Å². The van der Waals surface area contributed by atoms with Crippen LogP contribution >= 0.6 is 22.6 Å². The highest BCUT2D eigenvalue weighted by molar-refractivity contribution is 14.1. The van der Waals surface area contributed by atoms with Gasteiger partial charge in [-0.25, -0.2) is 0 Å². The zero-order valence-electron chi connectivity index (χ0n) is 9.30. The molecule has 0 saturated carbocycles. The second kappa shape index (κ2) is 4.97. The average Bonchev–Trinajstić information content (AvgIpc) is 2.24. The first-order valence-corrected chi connectivity index (χ1v) is 5.62. The molecule has 1 aliphatic heterocycles. The lowest BCUT2D eigenvalue weighted by molar-refractivity contribution is -0.424. The molecule has 1 saturated heterocycles. The van der Waals surface area contributed by atoms with Crippen LogP contribution in [0.15, 0.2) is 0 Å².